The Morgan fingerprint density at radius 2 is 2.14 bits per heavy atom. The predicted molar refractivity (Wildman–Crippen MR) is 74.8 cm³/mol. The Morgan fingerprint density at radius 1 is 1.38 bits per heavy atom. The number of carbonyl (C=O) groups excluding carboxylic acids is 3. The van der Waals surface area contributed by atoms with Crippen LogP contribution in [-0.4, -0.2) is 49.5 Å². The number of urea groups is 1. The van der Waals surface area contributed by atoms with Crippen molar-refractivity contribution >= 4 is 17.8 Å². The summed E-state index contributed by atoms with van der Waals surface area (Å²) in [6.45, 7) is 0.104. The molecule has 0 aromatic heterocycles. The second-order valence-electron chi connectivity index (χ2n) is 4.55. The molecule has 0 saturated carbocycles. The number of carbonyl (C=O) groups is 3. The molecule has 1 aromatic rings. The lowest BCUT2D eigenvalue weighted by atomic mass is 10.1. The normalized spacial score (nSPS) is 14.0. The summed E-state index contributed by atoms with van der Waals surface area (Å²) in [6.07, 6.45) is 0.607. The number of rotatable bonds is 6. The second-order valence-corrected chi connectivity index (χ2v) is 4.55. The number of amides is 4. The van der Waals surface area contributed by atoms with Crippen LogP contribution in [0.15, 0.2) is 24.3 Å². The van der Waals surface area contributed by atoms with Crippen molar-refractivity contribution < 1.29 is 19.1 Å². The van der Waals surface area contributed by atoms with Gasteiger partial charge >= 0.3 is 6.03 Å². The number of para-hydroxylation sites is 1. The molecule has 1 aromatic carbocycles. The summed E-state index contributed by atoms with van der Waals surface area (Å²) in [5, 5.41) is 5.04. The van der Waals surface area contributed by atoms with Crippen LogP contribution in [0.1, 0.15) is 5.56 Å². The van der Waals surface area contributed by atoms with Crippen LogP contribution in [0.2, 0.25) is 0 Å². The number of imide groups is 1. The largest absolute Gasteiger partial charge is 0.496 e. The smallest absolute Gasteiger partial charge is 0.325 e. The highest BCUT2D eigenvalue weighted by molar-refractivity contribution is 6.04. The van der Waals surface area contributed by atoms with Crippen molar-refractivity contribution in [1.82, 2.24) is 15.5 Å². The van der Waals surface area contributed by atoms with E-state index in [0.29, 0.717) is 13.0 Å². The number of methoxy groups -OCH3 is 1. The Kier molecular flexibility index (Phi) is 4.76. The number of hydrogen-bond donors (Lipinski definition) is 2. The van der Waals surface area contributed by atoms with Gasteiger partial charge in [-0.1, -0.05) is 18.2 Å². The quantitative estimate of drug-likeness (QED) is 0.717. The van der Waals surface area contributed by atoms with E-state index >= 15 is 0 Å². The topological polar surface area (TPSA) is 87.7 Å². The van der Waals surface area contributed by atoms with Crippen LogP contribution < -0.4 is 15.4 Å². The SMILES string of the molecule is COc1ccccc1CCNC(=O)CN1C(=O)CNC1=O. The van der Waals surface area contributed by atoms with Gasteiger partial charge in [-0.05, 0) is 18.1 Å². The molecular weight excluding hydrogens is 274 g/mol. The Morgan fingerprint density at radius 3 is 2.81 bits per heavy atom. The Balaban J connectivity index is 1.79. The first kappa shape index (κ1) is 14.8. The van der Waals surface area contributed by atoms with Crippen molar-refractivity contribution in [1.29, 1.82) is 0 Å². The molecule has 7 heteroatoms. The fourth-order valence-electron chi connectivity index (χ4n) is 2.06. The zero-order chi connectivity index (χ0) is 15.2. The highest BCUT2D eigenvalue weighted by Gasteiger charge is 2.29. The lowest BCUT2D eigenvalue weighted by Crippen LogP contribution is -2.41. The van der Waals surface area contributed by atoms with Crippen LogP contribution in [0.5, 0.6) is 5.75 Å². The summed E-state index contributed by atoms with van der Waals surface area (Å²) in [5.74, 6) is 0.0102. The molecule has 1 aliphatic heterocycles. The average Bonchev–Trinajstić information content (AvgIpc) is 2.79. The number of benzene rings is 1. The second kappa shape index (κ2) is 6.74. The minimum absolute atomic E-state index is 0.0483. The molecule has 0 unspecified atom stereocenters. The molecule has 0 radical (unpaired) electrons. The molecule has 1 saturated heterocycles. The van der Waals surface area contributed by atoms with Gasteiger partial charge in [0.2, 0.25) is 5.91 Å². The number of nitrogens with one attached hydrogen (secondary N) is 2. The first-order chi connectivity index (χ1) is 10.1. The molecule has 1 aliphatic rings. The molecule has 2 N–H and O–H groups in total. The van der Waals surface area contributed by atoms with Crippen LogP contribution in [-0.2, 0) is 16.0 Å². The predicted octanol–water partition coefficient (Wildman–Crippen LogP) is -0.0943. The first-order valence-corrected chi connectivity index (χ1v) is 6.58. The molecule has 112 valence electrons. The number of ether oxygens (including phenoxy) is 1. The van der Waals surface area contributed by atoms with Gasteiger partial charge in [-0.2, -0.15) is 0 Å². The van der Waals surface area contributed by atoms with E-state index < -0.39 is 6.03 Å². The van der Waals surface area contributed by atoms with E-state index in [9.17, 15) is 14.4 Å². The van der Waals surface area contributed by atoms with Gasteiger partial charge < -0.3 is 15.4 Å². The first-order valence-electron chi connectivity index (χ1n) is 6.58. The van der Waals surface area contributed by atoms with E-state index in [4.69, 9.17) is 4.74 Å². The van der Waals surface area contributed by atoms with Crippen molar-refractivity contribution in [3.63, 3.8) is 0 Å². The molecular formula is C14H17N3O4. The molecule has 7 nitrogen and oxygen atoms in total. The zero-order valence-corrected chi connectivity index (χ0v) is 11.7. The molecule has 0 aliphatic carbocycles. The van der Waals surface area contributed by atoms with Crippen molar-refractivity contribution in [2.75, 3.05) is 26.7 Å². The van der Waals surface area contributed by atoms with E-state index in [0.717, 1.165) is 16.2 Å². The van der Waals surface area contributed by atoms with Crippen molar-refractivity contribution in [3.05, 3.63) is 29.8 Å². The van der Waals surface area contributed by atoms with Crippen LogP contribution in [0.4, 0.5) is 4.79 Å². The van der Waals surface area contributed by atoms with Gasteiger partial charge in [0.15, 0.2) is 0 Å². The summed E-state index contributed by atoms with van der Waals surface area (Å²) in [4.78, 5) is 35.3. The highest BCUT2D eigenvalue weighted by Crippen LogP contribution is 2.17. The van der Waals surface area contributed by atoms with Crippen LogP contribution in [0.25, 0.3) is 0 Å². The van der Waals surface area contributed by atoms with Gasteiger partial charge in [0.05, 0.1) is 13.7 Å². The molecule has 2 rings (SSSR count). The number of nitrogens with zero attached hydrogens (tertiary/aromatic N) is 1. The zero-order valence-electron chi connectivity index (χ0n) is 11.7. The van der Waals surface area contributed by atoms with Crippen molar-refractivity contribution in [2.24, 2.45) is 0 Å². The average molecular weight is 291 g/mol. The highest BCUT2D eigenvalue weighted by atomic mass is 16.5. The molecule has 1 heterocycles. The lowest BCUT2D eigenvalue weighted by Gasteiger charge is -2.13. The van der Waals surface area contributed by atoms with Crippen molar-refractivity contribution in [2.45, 2.75) is 6.42 Å². The summed E-state index contributed by atoms with van der Waals surface area (Å²) >= 11 is 0. The van der Waals surface area contributed by atoms with Gasteiger partial charge in [0.1, 0.15) is 12.3 Å². The van der Waals surface area contributed by atoms with E-state index in [1.807, 2.05) is 24.3 Å². The third-order valence-electron chi connectivity index (χ3n) is 3.15. The maximum Gasteiger partial charge on any atom is 0.325 e. The maximum absolute atomic E-state index is 11.7. The summed E-state index contributed by atoms with van der Waals surface area (Å²) in [6, 6.07) is 7.01. The summed E-state index contributed by atoms with van der Waals surface area (Å²) in [7, 11) is 1.59. The Bertz CT molecular complexity index is 543. The van der Waals surface area contributed by atoms with E-state index in [1.54, 1.807) is 7.11 Å². The minimum Gasteiger partial charge on any atom is -0.496 e. The fourth-order valence-corrected chi connectivity index (χ4v) is 2.06. The minimum atomic E-state index is -0.528. The molecule has 4 amide bonds. The van der Waals surface area contributed by atoms with Gasteiger partial charge in [0, 0.05) is 6.54 Å². The molecule has 0 spiro atoms. The van der Waals surface area contributed by atoms with Crippen LogP contribution in [0.3, 0.4) is 0 Å². The van der Waals surface area contributed by atoms with Gasteiger partial charge in [0.25, 0.3) is 5.91 Å². The Labute approximate surface area is 122 Å². The Hall–Kier alpha value is -2.57. The van der Waals surface area contributed by atoms with E-state index in [-0.39, 0.29) is 24.9 Å². The lowest BCUT2D eigenvalue weighted by molar-refractivity contribution is -0.130. The van der Waals surface area contributed by atoms with E-state index in [1.165, 1.54) is 0 Å². The summed E-state index contributed by atoms with van der Waals surface area (Å²) in [5.41, 5.74) is 0.982. The third-order valence-corrected chi connectivity index (χ3v) is 3.15. The maximum atomic E-state index is 11.7. The van der Waals surface area contributed by atoms with Gasteiger partial charge in [-0.3, -0.25) is 14.5 Å². The summed E-state index contributed by atoms with van der Waals surface area (Å²) < 4.78 is 5.22. The molecule has 1 fully saturated rings. The molecule has 0 bridgehead atoms. The standard InChI is InChI=1S/C14H17N3O4/c1-21-11-5-3-2-4-10(11)6-7-15-12(18)9-17-13(19)8-16-14(17)20/h2-5H,6-9H2,1H3,(H,15,18)(H,16,20). The van der Waals surface area contributed by atoms with Gasteiger partial charge in [-0.15, -0.1) is 0 Å². The van der Waals surface area contributed by atoms with Crippen molar-refractivity contribution in [3.8, 4) is 5.75 Å². The van der Waals surface area contributed by atoms with E-state index in [2.05, 4.69) is 10.6 Å². The van der Waals surface area contributed by atoms with Gasteiger partial charge in [-0.25, -0.2) is 4.79 Å². The van der Waals surface area contributed by atoms with Crippen LogP contribution in [0, 0.1) is 0 Å². The molecule has 21 heavy (non-hydrogen) atoms. The third kappa shape index (κ3) is 3.71. The number of hydrogen-bond acceptors (Lipinski definition) is 4. The monoisotopic (exact) mass is 291 g/mol. The van der Waals surface area contributed by atoms with Crippen LogP contribution >= 0.6 is 0 Å². The molecule has 0 atom stereocenters. The fraction of sp³-hybridized carbons (Fsp3) is 0.357.